The van der Waals surface area contributed by atoms with E-state index in [0.29, 0.717) is 11.8 Å². The lowest BCUT2D eigenvalue weighted by molar-refractivity contribution is 0.0288. The smallest absolute Gasteiger partial charge is 0.0679 e. The Labute approximate surface area is 110 Å². The van der Waals surface area contributed by atoms with Gasteiger partial charge in [-0.25, -0.2) is 0 Å². The molecular formula is C16H23NO. The highest BCUT2D eigenvalue weighted by atomic mass is 16.3. The zero-order valence-corrected chi connectivity index (χ0v) is 11.3. The molecule has 0 radical (unpaired) electrons. The fraction of sp³-hybridized carbons (Fsp3) is 0.625. The van der Waals surface area contributed by atoms with Crippen molar-refractivity contribution in [3.05, 3.63) is 35.9 Å². The van der Waals surface area contributed by atoms with Gasteiger partial charge in [0.25, 0.3) is 0 Å². The van der Waals surface area contributed by atoms with E-state index in [1.807, 2.05) is 0 Å². The maximum atomic E-state index is 10.8. The van der Waals surface area contributed by atoms with Crippen molar-refractivity contribution in [1.82, 2.24) is 4.90 Å². The van der Waals surface area contributed by atoms with Gasteiger partial charge in [0.05, 0.1) is 6.10 Å². The summed E-state index contributed by atoms with van der Waals surface area (Å²) in [6.07, 6.45) is 3.45. The predicted octanol–water partition coefficient (Wildman–Crippen LogP) is 2.28. The Bertz CT molecular complexity index is 416. The minimum atomic E-state index is -0.166. The molecule has 0 amide bonds. The molecule has 2 heteroatoms. The van der Waals surface area contributed by atoms with Crippen LogP contribution >= 0.6 is 0 Å². The van der Waals surface area contributed by atoms with E-state index in [0.717, 1.165) is 13.0 Å². The maximum absolute atomic E-state index is 10.8. The molecule has 2 bridgehead atoms. The van der Waals surface area contributed by atoms with Crippen LogP contribution in [0.15, 0.2) is 30.3 Å². The van der Waals surface area contributed by atoms with Crippen LogP contribution in [0.1, 0.15) is 24.8 Å². The standard InChI is InChI=1S/C16H23NO/c1-17(2)11-14-12-8-9-16(10-12,15(14)18)13-6-4-3-5-7-13/h3-7,12,14-15,18H,8-11H2,1-2H3/t12-,14-,15-,16+/m0/s1. The molecule has 0 saturated heterocycles. The second-order valence-electron chi connectivity index (χ2n) is 6.40. The van der Waals surface area contributed by atoms with Crippen LogP contribution in [0, 0.1) is 11.8 Å². The summed E-state index contributed by atoms with van der Waals surface area (Å²) in [6.45, 7) is 1.01. The normalized spacial score (nSPS) is 38.6. The molecule has 0 aromatic heterocycles. The van der Waals surface area contributed by atoms with E-state index in [1.54, 1.807) is 0 Å². The van der Waals surface area contributed by atoms with E-state index < -0.39 is 0 Å². The van der Waals surface area contributed by atoms with E-state index in [9.17, 15) is 5.11 Å². The van der Waals surface area contributed by atoms with Gasteiger partial charge in [-0.05, 0) is 44.8 Å². The molecule has 2 aliphatic carbocycles. The van der Waals surface area contributed by atoms with Gasteiger partial charge >= 0.3 is 0 Å². The fourth-order valence-corrected chi connectivity index (χ4v) is 4.29. The number of fused-ring (bicyclic) bond motifs is 2. The van der Waals surface area contributed by atoms with Crippen molar-refractivity contribution >= 4 is 0 Å². The average molecular weight is 245 g/mol. The molecule has 2 nitrogen and oxygen atoms in total. The van der Waals surface area contributed by atoms with E-state index in [1.165, 1.54) is 18.4 Å². The first-order chi connectivity index (χ1) is 8.63. The Morgan fingerprint density at radius 2 is 2.00 bits per heavy atom. The molecule has 4 atom stereocenters. The number of aliphatic hydroxyl groups is 1. The highest BCUT2D eigenvalue weighted by molar-refractivity contribution is 5.32. The first kappa shape index (κ1) is 12.2. The molecule has 0 heterocycles. The zero-order valence-electron chi connectivity index (χ0n) is 11.3. The van der Waals surface area contributed by atoms with Gasteiger partial charge in [-0.15, -0.1) is 0 Å². The summed E-state index contributed by atoms with van der Waals surface area (Å²) in [5.41, 5.74) is 1.40. The molecule has 2 saturated carbocycles. The number of benzene rings is 1. The van der Waals surface area contributed by atoms with Gasteiger partial charge in [-0.2, -0.15) is 0 Å². The number of rotatable bonds is 3. The van der Waals surface area contributed by atoms with Crippen LogP contribution < -0.4 is 0 Å². The fourth-order valence-electron chi connectivity index (χ4n) is 4.29. The second-order valence-corrected chi connectivity index (χ2v) is 6.40. The lowest BCUT2D eigenvalue weighted by Gasteiger charge is -2.37. The Balaban J connectivity index is 1.90. The minimum absolute atomic E-state index is 0.0482. The minimum Gasteiger partial charge on any atom is -0.392 e. The van der Waals surface area contributed by atoms with Crippen LogP contribution in [0.25, 0.3) is 0 Å². The van der Waals surface area contributed by atoms with Crippen LogP contribution in [0.2, 0.25) is 0 Å². The first-order valence-corrected chi connectivity index (χ1v) is 7.02. The monoisotopic (exact) mass is 245 g/mol. The highest BCUT2D eigenvalue weighted by Crippen LogP contribution is 2.58. The average Bonchev–Trinajstić information content (AvgIpc) is 2.91. The van der Waals surface area contributed by atoms with Crippen molar-refractivity contribution in [3.63, 3.8) is 0 Å². The summed E-state index contributed by atoms with van der Waals surface area (Å²) in [5, 5.41) is 10.8. The second kappa shape index (κ2) is 4.36. The predicted molar refractivity (Wildman–Crippen MR) is 73.5 cm³/mol. The Hall–Kier alpha value is -0.860. The van der Waals surface area contributed by atoms with Crippen molar-refractivity contribution in [2.75, 3.05) is 20.6 Å². The van der Waals surface area contributed by atoms with Crippen LogP contribution in [0.4, 0.5) is 0 Å². The van der Waals surface area contributed by atoms with Gasteiger partial charge in [0.1, 0.15) is 0 Å². The van der Waals surface area contributed by atoms with Gasteiger partial charge in [-0.1, -0.05) is 30.3 Å². The Morgan fingerprint density at radius 1 is 1.28 bits per heavy atom. The molecule has 2 fully saturated rings. The van der Waals surface area contributed by atoms with Crippen LogP contribution in [0.3, 0.4) is 0 Å². The van der Waals surface area contributed by atoms with Crippen molar-refractivity contribution in [2.24, 2.45) is 11.8 Å². The van der Waals surface area contributed by atoms with Gasteiger partial charge in [0, 0.05) is 17.9 Å². The summed E-state index contributed by atoms with van der Waals surface area (Å²) in [5.74, 6) is 1.16. The number of hydrogen-bond acceptors (Lipinski definition) is 2. The van der Waals surface area contributed by atoms with Crippen molar-refractivity contribution < 1.29 is 5.11 Å². The lowest BCUT2D eigenvalue weighted by Crippen LogP contribution is -2.43. The van der Waals surface area contributed by atoms with E-state index >= 15 is 0 Å². The van der Waals surface area contributed by atoms with Crippen LogP contribution in [-0.2, 0) is 5.41 Å². The summed E-state index contributed by atoms with van der Waals surface area (Å²) >= 11 is 0. The Morgan fingerprint density at radius 3 is 2.67 bits per heavy atom. The first-order valence-electron chi connectivity index (χ1n) is 7.02. The van der Waals surface area contributed by atoms with Crippen molar-refractivity contribution in [2.45, 2.75) is 30.8 Å². The molecule has 2 aliphatic rings. The molecule has 18 heavy (non-hydrogen) atoms. The van der Waals surface area contributed by atoms with E-state index in [4.69, 9.17) is 0 Å². The van der Waals surface area contributed by atoms with Crippen molar-refractivity contribution in [3.8, 4) is 0 Å². The Kier molecular flexibility index (Phi) is 2.95. The molecule has 0 spiro atoms. The topological polar surface area (TPSA) is 23.5 Å². The molecule has 98 valence electrons. The largest absolute Gasteiger partial charge is 0.392 e. The molecule has 1 aromatic rings. The van der Waals surface area contributed by atoms with Gasteiger partial charge in [0.15, 0.2) is 0 Å². The van der Waals surface area contributed by atoms with E-state index in [2.05, 4.69) is 49.3 Å². The van der Waals surface area contributed by atoms with Crippen LogP contribution in [-0.4, -0.2) is 36.8 Å². The third kappa shape index (κ3) is 1.70. The number of hydrogen-bond donors (Lipinski definition) is 1. The molecule has 0 aliphatic heterocycles. The van der Waals surface area contributed by atoms with Crippen LogP contribution in [0.5, 0.6) is 0 Å². The summed E-state index contributed by atoms with van der Waals surface area (Å²) in [4.78, 5) is 2.22. The van der Waals surface area contributed by atoms with Gasteiger partial charge in [0.2, 0.25) is 0 Å². The van der Waals surface area contributed by atoms with Gasteiger partial charge < -0.3 is 10.0 Å². The summed E-state index contributed by atoms with van der Waals surface area (Å²) in [7, 11) is 4.21. The molecule has 1 N–H and O–H groups in total. The van der Waals surface area contributed by atoms with Gasteiger partial charge in [-0.3, -0.25) is 0 Å². The summed E-state index contributed by atoms with van der Waals surface area (Å²) in [6, 6.07) is 10.7. The maximum Gasteiger partial charge on any atom is 0.0679 e. The quantitative estimate of drug-likeness (QED) is 0.883. The molecule has 3 rings (SSSR count). The number of aliphatic hydroxyl groups excluding tert-OH is 1. The third-order valence-corrected chi connectivity index (χ3v) is 5.09. The SMILES string of the molecule is CN(C)C[C@H]1[C@H]2CC[C@](c3ccccc3)(C2)[C@H]1O. The zero-order chi connectivity index (χ0) is 12.8. The summed E-state index contributed by atoms with van der Waals surface area (Å²) < 4.78 is 0. The highest BCUT2D eigenvalue weighted by Gasteiger charge is 2.57. The molecule has 1 aromatic carbocycles. The molecule has 0 unspecified atom stereocenters. The third-order valence-electron chi connectivity index (χ3n) is 5.09. The number of nitrogens with zero attached hydrogens (tertiary/aromatic N) is 1. The lowest BCUT2D eigenvalue weighted by atomic mass is 9.72. The molecular weight excluding hydrogens is 222 g/mol. The van der Waals surface area contributed by atoms with E-state index in [-0.39, 0.29) is 11.5 Å². The van der Waals surface area contributed by atoms with Crippen molar-refractivity contribution in [1.29, 1.82) is 0 Å².